The number of carbonyl (C=O) groups is 1. The van der Waals surface area contributed by atoms with Crippen LogP contribution in [0, 0.1) is 0 Å². The van der Waals surface area contributed by atoms with Crippen molar-refractivity contribution in [1.29, 1.82) is 0 Å². The number of aliphatic hydroxyl groups is 1. The number of amides is 1. The van der Waals surface area contributed by atoms with Crippen LogP contribution in [0.25, 0.3) is 0 Å². The normalized spacial score (nSPS) is 20.4. The Balaban J connectivity index is 2.03. The van der Waals surface area contributed by atoms with Crippen LogP contribution in [0.4, 0.5) is 0 Å². The lowest BCUT2D eigenvalue weighted by Gasteiger charge is -2.12. The molecule has 1 aliphatic heterocycles. The first-order chi connectivity index (χ1) is 7.70. The summed E-state index contributed by atoms with van der Waals surface area (Å²) >= 11 is 0. The summed E-state index contributed by atoms with van der Waals surface area (Å²) in [5.41, 5.74) is 0.265. The number of ether oxygens (including phenoxy) is 1. The first-order valence-corrected chi connectivity index (χ1v) is 5.12. The number of aliphatic hydroxyl groups excluding tert-OH is 1. The van der Waals surface area contributed by atoms with Crippen molar-refractivity contribution in [2.75, 3.05) is 20.2 Å². The number of likely N-dealkylation sites (tertiary alicyclic amines) is 1. The summed E-state index contributed by atoms with van der Waals surface area (Å²) < 4.78 is 9.79. The van der Waals surface area contributed by atoms with Gasteiger partial charge in [0.15, 0.2) is 11.5 Å². The fourth-order valence-electron chi connectivity index (χ4n) is 1.71. The molecule has 0 unspecified atom stereocenters. The Labute approximate surface area is 92.8 Å². The molecule has 1 amide bonds. The molecular weight excluding hydrogens is 212 g/mol. The number of rotatable bonds is 3. The summed E-state index contributed by atoms with van der Waals surface area (Å²) in [4.78, 5) is 13.4. The highest BCUT2D eigenvalue weighted by Crippen LogP contribution is 2.14. The van der Waals surface area contributed by atoms with Crippen molar-refractivity contribution in [3.63, 3.8) is 0 Å². The average molecular weight is 226 g/mol. The smallest absolute Gasteiger partial charge is 0.276 e. The standard InChI is InChI=1S/C10H14N2O4/c1-15-6-8-4-9(11-16-8)10(14)12-3-2-7(13)5-12/h4,7,13H,2-3,5-6H2,1H3/t7-/m0/s1. The minimum Gasteiger partial charge on any atom is -0.391 e. The summed E-state index contributed by atoms with van der Waals surface area (Å²) in [5.74, 6) is 0.313. The van der Waals surface area contributed by atoms with Gasteiger partial charge in [-0.15, -0.1) is 0 Å². The summed E-state index contributed by atoms with van der Waals surface area (Å²) in [6, 6.07) is 1.57. The van der Waals surface area contributed by atoms with Gasteiger partial charge in [-0.2, -0.15) is 0 Å². The largest absolute Gasteiger partial charge is 0.391 e. The van der Waals surface area contributed by atoms with Crippen molar-refractivity contribution in [2.45, 2.75) is 19.1 Å². The quantitative estimate of drug-likeness (QED) is 0.786. The maximum Gasteiger partial charge on any atom is 0.276 e. The molecule has 1 aromatic rings. The fraction of sp³-hybridized carbons (Fsp3) is 0.600. The molecular formula is C10H14N2O4. The van der Waals surface area contributed by atoms with Crippen LogP contribution < -0.4 is 0 Å². The van der Waals surface area contributed by atoms with E-state index in [0.29, 0.717) is 31.9 Å². The lowest BCUT2D eigenvalue weighted by Crippen LogP contribution is -2.29. The van der Waals surface area contributed by atoms with Gasteiger partial charge in [-0.05, 0) is 6.42 Å². The van der Waals surface area contributed by atoms with Crippen LogP contribution in [0.2, 0.25) is 0 Å². The Kier molecular flexibility index (Phi) is 3.21. The number of hydrogen-bond acceptors (Lipinski definition) is 5. The Morgan fingerprint density at radius 3 is 3.25 bits per heavy atom. The van der Waals surface area contributed by atoms with E-state index in [1.54, 1.807) is 18.1 Å². The van der Waals surface area contributed by atoms with Crippen molar-refractivity contribution < 1.29 is 19.2 Å². The van der Waals surface area contributed by atoms with E-state index in [1.165, 1.54) is 0 Å². The predicted molar refractivity (Wildman–Crippen MR) is 53.7 cm³/mol. The van der Waals surface area contributed by atoms with Crippen LogP contribution in [0.3, 0.4) is 0 Å². The van der Waals surface area contributed by atoms with Gasteiger partial charge in [0.2, 0.25) is 0 Å². The molecule has 1 saturated heterocycles. The van der Waals surface area contributed by atoms with E-state index < -0.39 is 6.10 Å². The number of carbonyl (C=O) groups excluding carboxylic acids is 1. The second kappa shape index (κ2) is 4.63. The van der Waals surface area contributed by atoms with Crippen LogP contribution >= 0.6 is 0 Å². The highest BCUT2D eigenvalue weighted by molar-refractivity contribution is 5.92. The minimum atomic E-state index is -0.422. The first kappa shape index (κ1) is 11.1. The molecule has 6 heteroatoms. The van der Waals surface area contributed by atoms with E-state index in [0.717, 1.165) is 0 Å². The molecule has 0 saturated carbocycles. The summed E-state index contributed by atoms with van der Waals surface area (Å²) in [6.07, 6.45) is 0.198. The second-order valence-electron chi connectivity index (χ2n) is 3.81. The van der Waals surface area contributed by atoms with E-state index in [1.807, 2.05) is 0 Å². The third-order valence-electron chi connectivity index (χ3n) is 2.52. The zero-order valence-electron chi connectivity index (χ0n) is 9.05. The molecule has 16 heavy (non-hydrogen) atoms. The van der Waals surface area contributed by atoms with Gasteiger partial charge in [-0.3, -0.25) is 4.79 Å². The molecule has 0 spiro atoms. The number of hydrogen-bond donors (Lipinski definition) is 1. The molecule has 88 valence electrons. The van der Waals surface area contributed by atoms with Gasteiger partial charge >= 0.3 is 0 Å². The maximum atomic E-state index is 11.9. The number of aromatic nitrogens is 1. The molecule has 0 radical (unpaired) electrons. The fourth-order valence-corrected chi connectivity index (χ4v) is 1.71. The average Bonchev–Trinajstić information content (AvgIpc) is 2.87. The summed E-state index contributed by atoms with van der Waals surface area (Å²) in [5, 5.41) is 13.0. The van der Waals surface area contributed by atoms with Crippen LogP contribution in [-0.4, -0.2) is 47.4 Å². The predicted octanol–water partition coefficient (Wildman–Crippen LogP) is 0.0278. The number of methoxy groups -OCH3 is 1. The molecule has 6 nitrogen and oxygen atoms in total. The molecule has 1 aromatic heterocycles. The van der Waals surface area contributed by atoms with Gasteiger partial charge in [0.1, 0.15) is 6.61 Å². The van der Waals surface area contributed by atoms with Gasteiger partial charge in [0, 0.05) is 26.3 Å². The molecule has 1 atom stereocenters. The number of nitrogens with zero attached hydrogens (tertiary/aromatic N) is 2. The molecule has 1 fully saturated rings. The first-order valence-electron chi connectivity index (χ1n) is 5.12. The van der Waals surface area contributed by atoms with Crippen LogP contribution in [-0.2, 0) is 11.3 Å². The van der Waals surface area contributed by atoms with Gasteiger partial charge in [0.05, 0.1) is 6.10 Å². The molecule has 0 aromatic carbocycles. The van der Waals surface area contributed by atoms with Crippen molar-refractivity contribution in [2.24, 2.45) is 0 Å². The van der Waals surface area contributed by atoms with Gasteiger partial charge < -0.3 is 19.3 Å². The van der Waals surface area contributed by atoms with E-state index in [9.17, 15) is 9.90 Å². The SMILES string of the molecule is COCc1cc(C(=O)N2CC[C@H](O)C2)no1. The Bertz CT molecular complexity index is 377. The lowest BCUT2D eigenvalue weighted by molar-refractivity contribution is 0.0754. The summed E-state index contributed by atoms with van der Waals surface area (Å²) in [7, 11) is 1.54. The third-order valence-corrected chi connectivity index (χ3v) is 2.52. The van der Waals surface area contributed by atoms with Gasteiger partial charge in [-0.1, -0.05) is 5.16 Å². The monoisotopic (exact) mass is 226 g/mol. The van der Waals surface area contributed by atoms with Crippen molar-refractivity contribution in [1.82, 2.24) is 10.1 Å². The Hall–Kier alpha value is -1.40. The molecule has 1 aliphatic rings. The van der Waals surface area contributed by atoms with Crippen molar-refractivity contribution in [3.05, 3.63) is 17.5 Å². The second-order valence-corrected chi connectivity index (χ2v) is 3.81. The third kappa shape index (κ3) is 2.23. The highest BCUT2D eigenvalue weighted by Gasteiger charge is 2.27. The van der Waals surface area contributed by atoms with E-state index in [-0.39, 0.29) is 11.6 Å². The lowest BCUT2D eigenvalue weighted by atomic mass is 10.3. The number of β-amino-alcohol motifs (C(OH)–C–C–N with tert-alkyl or cyclic N) is 1. The molecule has 2 rings (SSSR count). The molecule has 0 bridgehead atoms. The Morgan fingerprint density at radius 2 is 2.62 bits per heavy atom. The van der Waals surface area contributed by atoms with Gasteiger partial charge in [-0.25, -0.2) is 0 Å². The minimum absolute atomic E-state index is 0.206. The van der Waals surface area contributed by atoms with Crippen LogP contribution in [0.15, 0.2) is 10.6 Å². The van der Waals surface area contributed by atoms with Gasteiger partial charge in [0.25, 0.3) is 5.91 Å². The van der Waals surface area contributed by atoms with Crippen molar-refractivity contribution >= 4 is 5.91 Å². The van der Waals surface area contributed by atoms with E-state index in [4.69, 9.17) is 9.26 Å². The van der Waals surface area contributed by atoms with E-state index in [2.05, 4.69) is 5.16 Å². The molecule has 1 N–H and O–H groups in total. The van der Waals surface area contributed by atoms with Crippen molar-refractivity contribution in [3.8, 4) is 0 Å². The highest BCUT2D eigenvalue weighted by atomic mass is 16.5. The molecule has 2 heterocycles. The van der Waals surface area contributed by atoms with E-state index >= 15 is 0 Å². The summed E-state index contributed by atoms with van der Waals surface area (Å²) in [6.45, 7) is 1.22. The maximum absolute atomic E-state index is 11.9. The topological polar surface area (TPSA) is 75.8 Å². The zero-order chi connectivity index (χ0) is 11.5. The molecule has 0 aliphatic carbocycles. The zero-order valence-corrected chi connectivity index (χ0v) is 9.05. The van der Waals surface area contributed by atoms with Crippen LogP contribution in [0.1, 0.15) is 22.7 Å². The Morgan fingerprint density at radius 1 is 1.81 bits per heavy atom. The van der Waals surface area contributed by atoms with Crippen LogP contribution in [0.5, 0.6) is 0 Å².